The Balaban J connectivity index is 2.03. The van der Waals surface area contributed by atoms with Crippen LogP contribution in [0.15, 0.2) is 43.1 Å². The summed E-state index contributed by atoms with van der Waals surface area (Å²) < 4.78 is 7.41. The molecule has 1 aromatic carbocycles. The van der Waals surface area contributed by atoms with Gasteiger partial charge in [-0.25, -0.2) is 4.79 Å². The maximum atomic E-state index is 11.7. The van der Waals surface area contributed by atoms with Crippen molar-refractivity contribution in [3.63, 3.8) is 0 Å². The SMILES string of the molecule is C=CCn1cc(CCNC(=O)OC(C)(C)C)c2ccccc21. The van der Waals surface area contributed by atoms with Crippen LogP contribution in [0.3, 0.4) is 0 Å². The van der Waals surface area contributed by atoms with Gasteiger partial charge in [0.15, 0.2) is 0 Å². The normalized spacial score (nSPS) is 11.4. The first-order valence-electron chi connectivity index (χ1n) is 7.55. The maximum absolute atomic E-state index is 11.7. The highest BCUT2D eigenvalue weighted by Gasteiger charge is 2.15. The predicted octanol–water partition coefficient (Wildman–Crippen LogP) is 3.89. The summed E-state index contributed by atoms with van der Waals surface area (Å²) in [6.07, 6.45) is 4.41. The molecule has 0 aliphatic carbocycles. The van der Waals surface area contributed by atoms with Crippen molar-refractivity contribution < 1.29 is 9.53 Å². The molecule has 1 heterocycles. The highest BCUT2D eigenvalue weighted by Crippen LogP contribution is 2.21. The molecule has 1 amide bonds. The fourth-order valence-corrected chi connectivity index (χ4v) is 2.43. The molecule has 0 spiro atoms. The third-order valence-corrected chi connectivity index (χ3v) is 3.26. The number of ether oxygens (including phenoxy) is 1. The van der Waals surface area contributed by atoms with E-state index in [0.717, 1.165) is 13.0 Å². The third kappa shape index (κ3) is 4.13. The molecule has 2 aromatic rings. The highest BCUT2D eigenvalue weighted by molar-refractivity contribution is 5.84. The molecule has 0 unspecified atom stereocenters. The van der Waals surface area contributed by atoms with Crippen LogP contribution in [0.25, 0.3) is 10.9 Å². The van der Waals surface area contributed by atoms with Crippen molar-refractivity contribution in [2.24, 2.45) is 0 Å². The Morgan fingerprint density at radius 3 is 2.77 bits per heavy atom. The van der Waals surface area contributed by atoms with Gasteiger partial charge in [0.05, 0.1) is 0 Å². The lowest BCUT2D eigenvalue weighted by Gasteiger charge is -2.19. The molecule has 118 valence electrons. The van der Waals surface area contributed by atoms with Crippen LogP contribution in [0.5, 0.6) is 0 Å². The Morgan fingerprint density at radius 2 is 2.09 bits per heavy atom. The van der Waals surface area contributed by atoms with Crippen LogP contribution in [-0.2, 0) is 17.7 Å². The fourth-order valence-electron chi connectivity index (χ4n) is 2.43. The van der Waals surface area contributed by atoms with Gasteiger partial charge in [0, 0.05) is 30.2 Å². The number of aromatic nitrogens is 1. The van der Waals surface area contributed by atoms with Gasteiger partial charge in [-0.2, -0.15) is 0 Å². The van der Waals surface area contributed by atoms with E-state index in [1.54, 1.807) is 0 Å². The molecule has 0 radical (unpaired) electrons. The Labute approximate surface area is 131 Å². The summed E-state index contributed by atoms with van der Waals surface area (Å²) in [7, 11) is 0. The zero-order chi connectivity index (χ0) is 16.2. The summed E-state index contributed by atoms with van der Waals surface area (Å²) in [4.78, 5) is 11.7. The van der Waals surface area contributed by atoms with Gasteiger partial charge in [0.1, 0.15) is 5.60 Å². The first-order valence-corrected chi connectivity index (χ1v) is 7.55. The average Bonchev–Trinajstić information content (AvgIpc) is 2.76. The number of nitrogens with one attached hydrogen (secondary N) is 1. The molecule has 1 aromatic heterocycles. The van der Waals surface area contributed by atoms with Crippen LogP contribution in [0.2, 0.25) is 0 Å². The number of benzene rings is 1. The lowest BCUT2D eigenvalue weighted by molar-refractivity contribution is 0.0528. The molecule has 0 aliphatic rings. The van der Waals surface area contributed by atoms with Crippen molar-refractivity contribution in [1.82, 2.24) is 9.88 Å². The zero-order valence-corrected chi connectivity index (χ0v) is 13.6. The summed E-state index contributed by atoms with van der Waals surface area (Å²) >= 11 is 0. The quantitative estimate of drug-likeness (QED) is 0.851. The van der Waals surface area contributed by atoms with Crippen molar-refractivity contribution in [2.75, 3.05) is 6.54 Å². The second-order valence-electron chi connectivity index (χ2n) is 6.29. The summed E-state index contributed by atoms with van der Waals surface area (Å²) in [5.41, 5.74) is 1.94. The molecule has 4 heteroatoms. The van der Waals surface area contributed by atoms with Crippen LogP contribution < -0.4 is 5.32 Å². The third-order valence-electron chi connectivity index (χ3n) is 3.26. The van der Waals surface area contributed by atoms with Crippen molar-refractivity contribution in [1.29, 1.82) is 0 Å². The number of allylic oxidation sites excluding steroid dienone is 1. The summed E-state index contributed by atoms with van der Waals surface area (Å²) in [5.74, 6) is 0. The molecule has 22 heavy (non-hydrogen) atoms. The molecule has 0 aliphatic heterocycles. The number of alkyl carbamates (subject to hydrolysis) is 1. The largest absolute Gasteiger partial charge is 0.444 e. The van der Waals surface area contributed by atoms with Crippen molar-refractivity contribution in [3.8, 4) is 0 Å². The summed E-state index contributed by atoms with van der Waals surface area (Å²) in [6.45, 7) is 10.7. The minimum atomic E-state index is -0.468. The van der Waals surface area contributed by atoms with Gasteiger partial charge in [-0.05, 0) is 38.8 Å². The molecule has 0 saturated carbocycles. The minimum absolute atomic E-state index is 0.373. The van der Waals surface area contributed by atoms with Gasteiger partial charge in [0.25, 0.3) is 0 Å². The van der Waals surface area contributed by atoms with E-state index in [9.17, 15) is 4.79 Å². The zero-order valence-electron chi connectivity index (χ0n) is 13.6. The molecular formula is C18H24N2O2. The number of para-hydroxylation sites is 1. The molecule has 0 bridgehead atoms. The predicted molar refractivity (Wildman–Crippen MR) is 90.1 cm³/mol. The summed E-state index contributed by atoms with van der Waals surface area (Å²) in [6, 6.07) is 8.28. The number of carbonyl (C=O) groups excluding carboxylic acids is 1. The Kier molecular flexibility index (Phi) is 4.91. The Hall–Kier alpha value is -2.23. The van der Waals surface area contributed by atoms with E-state index in [1.807, 2.05) is 39.0 Å². The molecule has 0 saturated heterocycles. The van der Waals surface area contributed by atoms with Crippen molar-refractivity contribution in [2.45, 2.75) is 39.3 Å². The van der Waals surface area contributed by atoms with E-state index < -0.39 is 5.60 Å². The topological polar surface area (TPSA) is 43.3 Å². The van der Waals surface area contributed by atoms with Gasteiger partial charge < -0.3 is 14.6 Å². The average molecular weight is 300 g/mol. The minimum Gasteiger partial charge on any atom is -0.444 e. The van der Waals surface area contributed by atoms with E-state index in [1.165, 1.54) is 16.5 Å². The van der Waals surface area contributed by atoms with Gasteiger partial charge in [-0.1, -0.05) is 24.3 Å². The second-order valence-corrected chi connectivity index (χ2v) is 6.29. The highest BCUT2D eigenvalue weighted by atomic mass is 16.6. The number of carbonyl (C=O) groups is 1. The number of nitrogens with zero attached hydrogens (tertiary/aromatic N) is 1. The van der Waals surface area contributed by atoms with Crippen LogP contribution in [0.1, 0.15) is 26.3 Å². The fraction of sp³-hybridized carbons (Fsp3) is 0.389. The molecule has 2 rings (SSSR count). The van der Waals surface area contributed by atoms with E-state index in [-0.39, 0.29) is 6.09 Å². The van der Waals surface area contributed by atoms with Gasteiger partial charge in [-0.15, -0.1) is 6.58 Å². The first kappa shape index (κ1) is 16.1. The number of amides is 1. The van der Waals surface area contributed by atoms with Crippen molar-refractivity contribution in [3.05, 3.63) is 48.7 Å². The van der Waals surface area contributed by atoms with Gasteiger partial charge >= 0.3 is 6.09 Å². The molecule has 0 fully saturated rings. The van der Waals surface area contributed by atoms with Gasteiger partial charge in [0.2, 0.25) is 0 Å². The van der Waals surface area contributed by atoms with E-state index in [2.05, 4.69) is 34.8 Å². The van der Waals surface area contributed by atoms with Crippen LogP contribution in [0.4, 0.5) is 4.79 Å². The standard InChI is InChI=1S/C18H24N2O2/c1-5-12-20-13-14(15-8-6-7-9-16(15)20)10-11-19-17(21)22-18(2,3)4/h5-9,13H,1,10-12H2,2-4H3,(H,19,21). The van der Waals surface area contributed by atoms with Crippen molar-refractivity contribution >= 4 is 17.0 Å². The number of rotatable bonds is 5. The first-order chi connectivity index (χ1) is 10.4. The lowest BCUT2D eigenvalue weighted by atomic mass is 10.1. The van der Waals surface area contributed by atoms with E-state index in [4.69, 9.17) is 4.74 Å². The Morgan fingerprint density at radius 1 is 1.36 bits per heavy atom. The smallest absolute Gasteiger partial charge is 0.407 e. The van der Waals surface area contributed by atoms with Crippen LogP contribution >= 0.6 is 0 Å². The Bertz CT molecular complexity index is 665. The summed E-state index contributed by atoms with van der Waals surface area (Å²) in [5, 5.41) is 4.02. The van der Waals surface area contributed by atoms with Crippen LogP contribution in [-0.4, -0.2) is 22.8 Å². The second kappa shape index (κ2) is 6.69. The number of hydrogen-bond acceptors (Lipinski definition) is 2. The van der Waals surface area contributed by atoms with Crippen LogP contribution in [0, 0.1) is 0 Å². The monoisotopic (exact) mass is 300 g/mol. The lowest BCUT2D eigenvalue weighted by Crippen LogP contribution is -2.33. The maximum Gasteiger partial charge on any atom is 0.407 e. The molecule has 4 nitrogen and oxygen atoms in total. The molecular weight excluding hydrogens is 276 g/mol. The van der Waals surface area contributed by atoms with Gasteiger partial charge in [-0.3, -0.25) is 0 Å². The number of fused-ring (bicyclic) bond motifs is 1. The molecule has 1 N–H and O–H groups in total. The molecule has 0 atom stereocenters. The van der Waals surface area contributed by atoms with E-state index in [0.29, 0.717) is 6.54 Å². The number of hydrogen-bond donors (Lipinski definition) is 1. The van der Waals surface area contributed by atoms with E-state index >= 15 is 0 Å².